The largest absolute Gasteiger partial charge is 0.377 e. The summed E-state index contributed by atoms with van der Waals surface area (Å²) in [6.07, 6.45) is 2.73. The maximum atomic E-state index is 12.2. The highest BCUT2D eigenvalue weighted by Gasteiger charge is 2.23. The van der Waals surface area contributed by atoms with Gasteiger partial charge in [-0.05, 0) is 25.0 Å². The van der Waals surface area contributed by atoms with Crippen molar-refractivity contribution in [2.75, 3.05) is 51.2 Å². The molecule has 2 aliphatic rings. The third-order valence-electron chi connectivity index (χ3n) is 4.55. The van der Waals surface area contributed by atoms with Crippen molar-refractivity contribution >= 4 is 34.8 Å². The average Bonchev–Trinajstić information content (AvgIpc) is 3.06. The summed E-state index contributed by atoms with van der Waals surface area (Å²) < 4.78 is 5.69. The molecule has 0 bridgehead atoms. The number of nitrogens with zero attached hydrogens (tertiary/aromatic N) is 2. The molecular weight excluding hydrogens is 349 g/mol. The molecule has 3 rings (SSSR count). The van der Waals surface area contributed by atoms with Gasteiger partial charge in [0.05, 0.1) is 28.4 Å². The van der Waals surface area contributed by atoms with Gasteiger partial charge in [-0.25, -0.2) is 0 Å². The lowest BCUT2D eigenvalue weighted by Gasteiger charge is -2.35. The predicted molar refractivity (Wildman–Crippen MR) is 96.9 cm³/mol. The van der Waals surface area contributed by atoms with E-state index in [2.05, 4.69) is 15.1 Å². The average molecular weight is 372 g/mol. The summed E-state index contributed by atoms with van der Waals surface area (Å²) in [6, 6.07) is 5.19. The van der Waals surface area contributed by atoms with Crippen LogP contribution in [0.4, 0.5) is 5.69 Å². The Morgan fingerprint density at radius 1 is 1.17 bits per heavy atom. The number of carbonyl (C=O) groups is 1. The van der Waals surface area contributed by atoms with Crippen LogP contribution in [0.5, 0.6) is 0 Å². The first-order valence-corrected chi connectivity index (χ1v) is 9.17. The second kappa shape index (κ2) is 8.50. The number of piperazine rings is 1. The van der Waals surface area contributed by atoms with Gasteiger partial charge in [0.2, 0.25) is 5.91 Å². The standard InChI is InChI=1S/C17H23Cl2N3O2/c18-14-4-1-5-15(19)17(14)20-16(23)12-22-8-6-21(7-9-22)11-13-3-2-10-24-13/h1,4-5,13H,2-3,6-12H2,(H,20,23)/t13-/m1/s1. The number of carbonyl (C=O) groups excluding carboxylic acids is 1. The van der Waals surface area contributed by atoms with Crippen LogP contribution in [0.2, 0.25) is 10.0 Å². The second-order valence-corrected chi connectivity index (χ2v) is 7.17. The third-order valence-corrected chi connectivity index (χ3v) is 5.18. The van der Waals surface area contributed by atoms with Gasteiger partial charge in [-0.2, -0.15) is 0 Å². The van der Waals surface area contributed by atoms with Crippen LogP contribution >= 0.6 is 23.2 Å². The van der Waals surface area contributed by atoms with Crippen molar-refractivity contribution < 1.29 is 9.53 Å². The molecule has 2 fully saturated rings. The van der Waals surface area contributed by atoms with Crippen molar-refractivity contribution in [3.05, 3.63) is 28.2 Å². The number of ether oxygens (including phenoxy) is 1. The number of anilines is 1. The molecule has 1 N–H and O–H groups in total. The van der Waals surface area contributed by atoms with Crippen molar-refractivity contribution in [1.82, 2.24) is 9.80 Å². The van der Waals surface area contributed by atoms with Crippen LogP contribution in [0.15, 0.2) is 18.2 Å². The summed E-state index contributed by atoms with van der Waals surface area (Å²) in [6.45, 7) is 5.98. The summed E-state index contributed by atoms with van der Waals surface area (Å²) in [5, 5.41) is 3.73. The minimum atomic E-state index is -0.0856. The van der Waals surface area contributed by atoms with Crippen molar-refractivity contribution in [2.45, 2.75) is 18.9 Å². The molecule has 1 aromatic carbocycles. The van der Waals surface area contributed by atoms with Gasteiger partial charge in [0, 0.05) is 39.3 Å². The smallest absolute Gasteiger partial charge is 0.238 e. The summed E-state index contributed by atoms with van der Waals surface area (Å²) in [4.78, 5) is 16.8. The fraction of sp³-hybridized carbons (Fsp3) is 0.588. The summed E-state index contributed by atoms with van der Waals surface area (Å²) in [7, 11) is 0. The molecule has 1 atom stereocenters. The number of amides is 1. The van der Waals surface area contributed by atoms with Crippen LogP contribution in [-0.4, -0.2) is 67.7 Å². The Balaban J connectivity index is 1.43. The van der Waals surface area contributed by atoms with E-state index in [9.17, 15) is 4.79 Å². The highest BCUT2D eigenvalue weighted by atomic mass is 35.5. The highest BCUT2D eigenvalue weighted by molar-refractivity contribution is 6.39. The zero-order valence-corrected chi connectivity index (χ0v) is 15.2. The van der Waals surface area contributed by atoms with E-state index in [-0.39, 0.29) is 5.91 Å². The molecule has 0 spiro atoms. The van der Waals surface area contributed by atoms with E-state index in [0.29, 0.717) is 28.4 Å². The minimum absolute atomic E-state index is 0.0856. The molecule has 1 aromatic rings. The second-order valence-electron chi connectivity index (χ2n) is 6.36. The number of para-hydroxylation sites is 1. The van der Waals surface area contributed by atoms with Crippen LogP contribution in [-0.2, 0) is 9.53 Å². The first-order valence-electron chi connectivity index (χ1n) is 8.42. The lowest BCUT2D eigenvalue weighted by Crippen LogP contribution is -2.50. The van der Waals surface area contributed by atoms with Gasteiger partial charge in [0.1, 0.15) is 0 Å². The zero-order valence-electron chi connectivity index (χ0n) is 13.6. The number of rotatable bonds is 5. The Labute approximate surface area is 152 Å². The van der Waals surface area contributed by atoms with Gasteiger partial charge in [-0.1, -0.05) is 29.3 Å². The van der Waals surface area contributed by atoms with E-state index in [1.807, 2.05) is 0 Å². The molecule has 24 heavy (non-hydrogen) atoms. The maximum absolute atomic E-state index is 12.2. The topological polar surface area (TPSA) is 44.8 Å². The van der Waals surface area contributed by atoms with E-state index in [4.69, 9.17) is 27.9 Å². The zero-order chi connectivity index (χ0) is 16.9. The Bertz CT molecular complexity index is 551. The Kier molecular flexibility index (Phi) is 6.36. The first-order chi connectivity index (χ1) is 11.6. The van der Waals surface area contributed by atoms with Gasteiger partial charge in [0.15, 0.2) is 0 Å². The Morgan fingerprint density at radius 2 is 1.83 bits per heavy atom. The summed E-state index contributed by atoms with van der Waals surface area (Å²) >= 11 is 12.2. The highest BCUT2D eigenvalue weighted by Crippen LogP contribution is 2.29. The van der Waals surface area contributed by atoms with Crippen LogP contribution in [0.1, 0.15) is 12.8 Å². The van der Waals surface area contributed by atoms with E-state index in [1.165, 1.54) is 12.8 Å². The molecule has 2 saturated heterocycles. The van der Waals surface area contributed by atoms with E-state index < -0.39 is 0 Å². The molecule has 0 saturated carbocycles. The van der Waals surface area contributed by atoms with E-state index in [0.717, 1.165) is 39.3 Å². The number of hydrogen-bond donors (Lipinski definition) is 1. The Hall–Kier alpha value is -0.850. The van der Waals surface area contributed by atoms with Crippen LogP contribution in [0, 0.1) is 0 Å². The number of halogens is 2. The molecule has 1 amide bonds. The SMILES string of the molecule is O=C(CN1CCN(C[C@H]2CCCO2)CC1)Nc1c(Cl)cccc1Cl. The molecule has 7 heteroatoms. The number of nitrogens with one attached hydrogen (secondary N) is 1. The van der Waals surface area contributed by atoms with Crippen LogP contribution in [0.25, 0.3) is 0 Å². The van der Waals surface area contributed by atoms with Crippen molar-refractivity contribution in [2.24, 2.45) is 0 Å². The lowest BCUT2D eigenvalue weighted by molar-refractivity contribution is -0.117. The predicted octanol–water partition coefficient (Wildman–Crippen LogP) is 2.73. The summed E-state index contributed by atoms with van der Waals surface area (Å²) in [5.74, 6) is -0.0856. The molecule has 0 radical (unpaired) electrons. The molecule has 132 valence electrons. The minimum Gasteiger partial charge on any atom is -0.377 e. The number of benzene rings is 1. The molecule has 2 aliphatic heterocycles. The quantitative estimate of drug-likeness (QED) is 0.864. The molecule has 2 heterocycles. The number of hydrogen-bond acceptors (Lipinski definition) is 4. The third kappa shape index (κ3) is 4.83. The molecule has 0 unspecified atom stereocenters. The van der Waals surface area contributed by atoms with Gasteiger partial charge in [0.25, 0.3) is 0 Å². The van der Waals surface area contributed by atoms with E-state index >= 15 is 0 Å². The van der Waals surface area contributed by atoms with E-state index in [1.54, 1.807) is 18.2 Å². The monoisotopic (exact) mass is 371 g/mol. The molecule has 0 aliphatic carbocycles. The van der Waals surface area contributed by atoms with Crippen molar-refractivity contribution in [3.63, 3.8) is 0 Å². The fourth-order valence-electron chi connectivity index (χ4n) is 3.21. The first kappa shape index (κ1) is 18.0. The van der Waals surface area contributed by atoms with Gasteiger partial charge in [-0.3, -0.25) is 14.6 Å². The van der Waals surface area contributed by atoms with Crippen molar-refractivity contribution in [3.8, 4) is 0 Å². The normalized spacial score (nSPS) is 22.7. The van der Waals surface area contributed by atoms with Gasteiger partial charge in [-0.15, -0.1) is 0 Å². The lowest BCUT2D eigenvalue weighted by atomic mass is 10.2. The molecule has 0 aromatic heterocycles. The molecule has 5 nitrogen and oxygen atoms in total. The fourth-order valence-corrected chi connectivity index (χ4v) is 3.70. The van der Waals surface area contributed by atoms with Crippen LogP contribution < -0.4 is 5.32 Å². The Morgan fingerprint density at radius 3 is 2.46 bits per heavy atom. The molecular formula is C17H23Cl2N3O2. The van der Waals surface area contributed by atoms with Gasteiger partial charge < -0.3 is 10.1 Å². The van der Waals surface area contributed by atoms with Crippen molar-refractivity contribution in [1.29, 1.82) is 0 Å². The van der Waals surface area contributed by atoms with Gasteiger partial charge >= 0.3 is 0 Å². The van der Waals surface area contributed by atoms with Crippen LogP contribution in [0.3, 0.4) is 0 Å². The maximum Gasteiger partial charge on any atom is 0.238 e. The summed E-state index contributed by atoms with van der Waals surface area (Å²) in [5.41, 5.74) is 0.489.